The molecule has 1 N–H and O–H groups in total. The molecule has 0 atom stereocenters. The average Bonchev–Trinajstić information content (AvgIpc) is 3.16. The molecular weight excluding hydrogens is 362 g/mol. The third-order valence-corrected chi connectivity index (χ3v) is 4.03. The normalized spacial score (nSPS) is 10.8. The summed E-state index contributed by atoms with van der Waals surface area (Å²) in [6.45, 7) is 1.67. The third kappa shape index (κ3) is 4.07. The molecule has 8 heteroatoms. The number of hydrazone groups is 1. The maximum absolute atomic E-state index is 12.2. The summed E-state index contributed by atoms with van der Waals surface area (Å²) in [5.41, 5.74) is 3.93. The zero-order valence-electron chi connectivity index (χ0n) is 15.2. The molecule has 0 saturated carbocycles. The number of hydrogen-bond acceptors (Lipinski definition) is 6. The topological polar surface area (TPSA) is 107 Å². The lowest BCUT2D eigenvalue weighted by Gasteiger charge is -2.05. The van der Waals surface area contributed by atoms with E-state index in [0.717, 1.165) is 0 Å². The van der Waals surface area contributed by atoms with Crippen LogP contribution in [0.4, 0.5) is 5.69 Å². The second kappa shape index (κ2) is 8.17. The van der Waals surface area contributed by atoms with Crippen LogP contribution in [0.1, 0.15) is 21.7 Å². The Balaban J connectivity index is 1.72. The number of nitrogens with zero attached hydrogens (tertiary/aromatic N) is 2. The Morgan fingerprint density at radius 1 is 1.21 bits per heavy atom. The van der Waals surface area contributed by atoms with Gasteiger partial charge in [-0.1, -0.05) is 24.3 Å². The number of nitro benzene ring substituents is 1. The largest absolute Gasteiger partial charge is 0.496 e. The number of ether oxygens (including phenoxy) is 1. The molecule has 3 rings (SSSR count). The van der Waals surface area contributed by atoms with E-state index in [1.807, 2.05) is 0 Å². The van der Waals surface area contributed by atoms with Gasteiger partial charge in [-0.2, -0.15) is 5.10 Å². The van der Waals surface area contributed by atoms with Gasteiger partial charge in [0.25, 0.3) is 11.6 Å². The first kappa shape index (κ1) is 18.8. The van der Waals surface area contributed by atoms with Gasteiger partial charge in [0, 0.05) is 17.2 Å². The summed E-state index contributed by atoms with van der Waals surface area (Å²) in [6, 6.07) is 15.0. The van der Waals surface area contributed by atoms with Crippen LogP contribution < -0.4 is 10.2 Å². The first-order chi connectivity index (χ1) is 13.5. The fraction of sp³-hybridized carbons (Fsp3) is 0.100. The van der Waals surface area contributed by atoms with Crippen molar-refractivity contribution in [1.82, 2.24) is 5.43 Å². The van der Waals surface area contributed by atoms with Gasteiger partial charge in [0.15, 0.2) is 0 Å². The van der Waals surface area contributed by atoms with Gasteiger partial charge in [-0.25, -0.2) is 5.43 Å². The number of aryl methyl sites for hydroxylation is 1. The second-order valence-electron chi connectivity index (χ2n) is 5.86. The Kier molecular flexibility index (Phi) is 5.50. The molecule has 1 heterocycles. The zero-order valence-corrected chi connectivity index (χ0v) is 15.2. The van der Waals surface area contributed by atoms with Crippen molar-refractivity contribution in [2.24, 2.45) is 5.10 Å². The van der Waals surface area contributed by atoms with E-state index >= 15 is 0 Å². The fourth-order valence-corrected chi connectivity index (χ4v) is 2.58. The maximum atomic E-state index is 12.2. The van der Waals surface area contributed by atoms with Crippen molar-refractivity contribution in [3.05, 3.63) is 81.6 Å². The molecule has 1 amide bonds. The van der Waals surface area contributed by atoms with Crippen LogP contribution in [0, 0.1) is 17.0 Å². The number of furan rings is 1. The summed E-state index contributed by atoms with van der Waals surface area (Å²) in [6.07, 6.45) is 1.35. The molecule has 0 fully saturated rings. The van der Waals surface area contributed by atoms with Crippen molar-refractivity contribution >= 4 is 17.8 Å². The molecule has 0 spiro atoms. The lowest BCUT2D eigenvalue weighted by atomic mass is 10.1. The van der Waals surface area contributed by atoms with Gasteiger partial charge in [-0.15, -0.1) is 0 Å². The quantitative estimate of drug-likeness (QED) is 0.397. The van der Waals surface area contributed by atoms with Gasteiger partial charge in [0.1, 0.15) is 17.3 Å². The van der Waals surface area contributed by atoms with Crippen LogP contribution in [0.5, 0.6) is 5.75 Å². The van der Waals surface area contributed by atoms with Crippen LogP contribution in [0.25, 0.3) is 11.3 Å². The van der Waals surface area contributed by atoms with E-state index in [2.05, 4.69) is 10.5 Å². The number of amides is 1. The summed E-state index contributed by atoms with van der Waals surface area (Å²) in [7, 11) is 1.48. The summed E-state index contributed by atoms with van der Waals surface area (Å²) in [5, 5.41) is 15.0. The van der Waals surface area contributed by atoms with Gasteiger partial charge >= 0.3 is 0 Å². The molecule has 3 aromatic rings. The zero-order chi connectivity index (χ0) is 20.1. The molecule has 0 unspecified atom stereocenters. The lowest BCUT2D eigenvalue weighted by molar-refractivity contribution is -0.385. The minimum Gasteiger partial charge on any atom is -0.496 e. The Labute approximate surface area is 160 Å². The lowest BCUT2D eigenvalue weighted by Crippen LogP contribution is -2.18. The van der Waals surface area contributed by atoms with Crippen LogP contribution >= 0.6 is 0 Å². The monoisotopic (exact) mass is 379 g/mol. The highest BCUT2D eigenvalue weighted by atomic mass is 16.6. The van der Waals surface area contributed by atoms with Crippen LogP contribution in [0.3, 0.4) is 0 Å². The van der Waals surface area contributed by atoms with E-state index in [-0.39, 0.29) is 5.69 Å². The van der Waals surface area contributed by atoms with Crippen molar-refractivity contribution in [2.75, 3.05) is 7.11 Å². The SMILES string of the molecule is COc1ccccc1C(=O)N/N=C\c1ccc(-c2ccc(C)c([N+](=O)[O-])c2)o1. The predicted molar refractivity (Wildman–Crippen MR) is 104 cm³/mol. The Hall–Kier alpha value is -3.94. The molecule has 0 aliphatic heterocycles. The minimum atomic E-state index is -0.433. The molecule has 0 saturated heterocycles. The number of carbonyl (C=O) groups excluding carboxylic acids is 1. The molecule has 2 aromatic carbocycles. The van der Waals surface area contributed by atoms with Crippen molar-refractivity contribution in [2.45, 2.75) is 6.92 Å². The van der Waals surface area contributed by atoms with Crippen LogP contribution in [-0.4, -0.2) is 24.2 Å². The molecule has 0 aliphatic carbocycles. The fourth-order valence-electron chi connectivity index (χ4n) is 2.58. The first-order valence-corrected chi connectivity index (χ1v) is 8.31. The number of hydrogen-bond donors (Lipinski definition) is 1. The number of methoxy groups -OCH3 is 1. The van der Waals surface area contributed by atoms with Gasteiger partial charge in [0.05, 0.1) is 23.8 Å². The second-order valence-corrected chi connectivity index (χ2v) is 5.86. The van der Waals surface area contributed by atoms with Crippen molar-refractivity contribution < 1.29 is 18.9 Å². The molecule has 142 valence electrons. The van der Waals surface area contributed by atoms with Crippen LogP contribution in [-0.2, 0) is 0 Å². The molecule has 28 heavy (non-hydrogen) atoms. The molecule has 8 nitrogen and oxygen atoms in total. The molecular formula is C20H17N3O5. The summed E-state index contributed by atoms with van der Waals surface area (Å²) < 4.78 is 10.8. The highest BCUT2D eigenvalue weighted by molar-refractivity contribution is 5.97. The highest BCUT2D eigenvalue weighted by Crippen LogP contribution is 2.27. The summed E-state index contributed by atoms with van der Waals surface area (Å²) >= 11 is 0. The summed E-state index contributed by atoms with van der Waals surface area (Å²) in [5.74, 6) is 0.866. The smallest absolute Gasteiger partial charge is 0.275 e. The van der Waals surface area contributed by atoms with Crippen molar-refractivity contribution in [3.8, 4) is 17.1 Å². The molecule has 0 bridgehead atoms. The molecule has 0 aliphatic rings. The number of nitro groups is 1. The Morgan fingerprint density at radius 2 is 2.00 bits per heavy atom. The van der Waals surface area contributed by atoms with Gasteiger partial charge in [-0.3, -0.25) is 14.9 Å². The Bertz CT molecular complexity index is 1060. The average molecular weight is 379 g/mol. The summed E-state index contributed by atoms with van der Waals surface area (Å²) in [4.78, 5) is 22.8. The van der Waals surface area contributed by atoms with Crippen molar-refractivity contribution in [3.63, 3.8) is 0 Å². The van der Waals surface area contributed by atoms with Crippen LogP contribution in [0.2, 0.25) is 0 Å². The standard InChI is InChI=1S/C20H17N3O5/c1-13-7-8-14(11-17(13)23(25)26)18-10-9-15(28-18)12-21-22-20(24)16-5-3-4-6-19(16)27-2/h3-12H,1-2H3,(H,22,24)/b21-12-. The van der Waals surface area contributed by atoms with E-state index < -0.39 is 10.8 Å². The van der Waals surface area contributed by atoms with E-state index in [1.54, 1.807) is 55.5 Å². The van der Waals surface area contributed by atoms with E-state index in [9.17, 15) is 14.9 Å². The first-order valence-electron chi connectivity index (χ1n) is 8.31. The number of carbonyl (C=O) groups is 1. The highest BCUT2D eigenvalue weighted by Gasteiger charge is 2.14. The molecule has 0 radical (unpaired) electrons. The van der Waals surface area contributed by atoms with Crippen molar-refractivity contribution in [1.29, 1.82) is 0 Å². The minimum absolute atomic E-state index is 0.0215. The van der Waals surface area contributed by atoms with E-state index in [4.69, 9.17) is 9.15 Å². The predicted octanol–water partition coefficient (Wildman–Crippen LogP) is 3.94. The maximum Gasteiger partial charge on any atom is 0.275 e. The van der Waals surface area contributed by atoms with E-state index in [0.29, 0.717) is 34.0 Å². The van der Waals surface area contributed by atoms with Gasteiger partial charge in [0.2, 0.25) is 0 Å². The Morgan fingerprint density at radius 3 is 2.75 bits per heavy atom. The number of benzene rings is 2. The van der Waals surface area contributed by atoms with Gasteiger partial charge < -0.3 is 9.15 Å². The van der Waals surface area contributed by atoms with Crippen LogP contribution in [0.15, 0.2) is 64.1 Å². The van der Waals surface area contributed by atoms with Gasteiger partial charge in [-0.05, 0) is 31.2 Å². The van der Waals surface area contributed by atoms with E-state index in [1.165, 1.54) is 19.4 Å². The third-order valence-electron chi connectivity index (χ3n) is 4.03. The molecule has 1 aromatic heterocycles. The number of nitrogens with one attached hydrogen (secondary N) is 1. The number of rotatable bonds is 6. The number of para-hydroxylation sites is 1.